The lowest BCUT2D eigenvalue weighted by Gasteiger charge is -2.12. The summed E-state index contributed by atoms with van der Waals surface area (Å²) in [6.45, 7) is 1.66. The van der Waals surface area contributed by atoms with Crippen molar-refractivity contribution in [3.63, 3.8) is 0 Å². The van der Waals surface area contributed by atoms with Crippen molar-refractivity contribution in [3.8, 4) is 5.69 Å². The molecule has 0 fully saturated rings. The van der Waals surface area contributed by atoms with Crippen LogP contribution in [-0.2, 0) is 0 Å². The number of aliphatic hydroxyl groups excluding tert-OH is 1. The summed E-state index contributed by atoms with van der Waals surface area (Å²) in [6, 6.07) is 22.4. The molecule has 240 valence electrons. The fourth-order valence-corrected chi connectivity index (χ4v) is 8.92. The first-order chi connectivity index (χ1) is 23.7. The van der Waals surface area contributed by atoms with Crippen LogP contribution in [0, 0.1) is 6.92 Å². The van der Waals surface area contributed by atoms with Crippen LogP contribution in [0.2, 0.25) is 0 Å². The number of aliphatic hydroxyl groups is 1. The quantitative estimate of drug-likeness (QED) is 0.121. The molecule has 0 saturated carbocycles. The van der Waals surface area contributed by atoms with E-state index in [0.717, 1.165) is 41.5 Å². The van der Waals surface area contributed by atoms with Gasteiger partial charge in [0, 0.05) is 17.9 Å². The van der Waals surface area contributed by atoms with Crippen molar-refractivity contribution in [2.75, 3.05) is 7.11 Å². The van der Waals surface area contributed by atoms with Gasteiger partial charge in [0.2, 0.25) is 0 Å². The minimum absolute atomic E-state index is 0.0244. The monoisotopic (exact) mass is 685 g/mol. The maximum atomic E-state index is 14.6. The summed E-state index contributed by atoms with van der Waals surface area (Å²) >= 11 is 3.04. The van der Waals surface area contributed by atoms with Crippen molar-refractivity contribution in [2.24, 2.45) is 0 Å². The zero-order chi connectivity index (χ0) is 34.3. The molecule has 4 N–H and O–H groups in total. The second-order valence-corrected chi connectivity index (χ2v) is 13.6. The molecule has 3 heterocycles. The van der Waals surface area contributed by atoms with Gasteiger partial charge in [-0.2, -0.15) is 0 Å². The SMILES string of the molecule is CO.Cc1cc(C(=O)O)cc(-n2c(=O)c3cc4c(=O)c5c6[nH]c7ccccc7sc6c6sc7ccccc7[nH]c6c5c(=O)c4cc3c2=O)c1. The van der Waals surface area contributed by atoms with E-state index in [1.165, 1.54) is 46.9 Å². The standard InChI is InChI=1S/C36H19N3O6S2.CH4O/c1-15-10-16(36(44)45)12-17(11-15)39-34(42)20-13-18-19(14-21(20)35(39)43)31(41)27-26(30(18)40)28-32(46-24-8-4-2-6-22(24)37-28)33-29(27)38-23-7-3-5-9-25(23)47-33;1-2/h2-14,37-38H,1H3,(H,44,45);2H,1H3. The van der Waals surface area contributed by atoms with Crippen molar-refractivity contribution in [2.45, 2.75) is 6.92 Å². The first kappa shape index (κ1) is 30.4. The van der Waals surface area contributed by atoms with Crippen molar-refractivity contribution in [3.05, 3.63) is 131 Å². The highest BCUT2D eigenvalue weighted by Crippen LogP contribution is 2.40. The molecule has 6 aromatic carbocycles. The Bertz CT molecular complexity index is 2990. The number of H-pyrrole nitrogens is 2. The smallest absolute Gasteiger partial charge is 0.335 e. The van der Waals surface area contributed by atoms with Crippen LogP contribution in [0.25, 0.3) is 78.9 Å². The van der Waals surface area contributed by atoms with Crippen LogP contribution in [0.15, 0.2) is 98.0 Å². The number of carboxylic acids is 1. The Balaban J connectivity index is 0.00000171. The highest BCUT2D eigenvalue weighted by atomic mass is 32.1. The van der Waals surface area contributed by atoms with E-state index in [9.17, 15) is 29.1 Å². The van der Waals surface area contributed by atoms with Gasteiger partial charge in [-0.05, 0) is 67.1 Å². The van der Waals surface area contributed by atoms with E-state index in [0.29, 0.717) is 16.6 Å². The number of hydrogen-bond acceptors (Lipinski definition) is 8. The number of aromatic carboxylic acids is 1. The van der Waals surface area contributed by atoms with Crippen molar-refractivity contribution in [1.29, 1.82) is 0 Å². The Morgan fingerprint density at radius 2 is 1.12 bits per heavy atom. The van der Waals surface area contributed by atoms with Gasteiger partial charge in [0.25, 0.3) is 11.1 Å². The molecule has 12 heteroatoms. The van der Waals surface area contributed by atoms with E-state index in [4.69, 9.17) is 5.11 Å². The number of hydrogen-bond donors (Lipinski definition) is 4. The largest absolute Gasteiger partial charge is 0.478 e. The van der Waals surface area contributed by atoms with Crippen molar-refractivity contribution >= 4 is 102 Å². The van der Waals surface area contributed by atoms with Gasteiger partial charge in [0.15, 0.2) is 10.9 Å². The molecule has 0 aliphatic rings. The number of para-hydroxylation sites is 2. The van der Waals surface area contributed by atoms with Gasteiger partial charge in [0.1, 0.15) is 0 Å². The Hall–Kier alpha value is -5.95. The van der Waals surface area contributed by atoms with Crippen LogP contribution in [-0.4, -0.2) is 37.8 Å². The van der Waals surface area contributed by atoms with Gasteiger partial charge in [-0.1, -0.05) is 24.3 Å². The van der Waals surface area contributed by atoms with Gasteiger partial charge in [-0.15, -0.1) is 22.7 Å². The molecule has 49 heavy (non-hydrogen) atoms. The number of nitrogens with zero attached hydrogens (tertiary/aromatic N) is 1. The number of fused-ring (bicyclic) bond motifs is 10. The average molecular weight is 686 g/mol. The molecule has 10 nitrogen and oxygen atoms in total. The van der Waals surface area contributed by atoms with E-state index in [1.807, 2.05) is 48.5 Å². The summed E-state index contributed by atoms with van der Waals surface area (Å²) in [5, 5.41) is 17.0. The molecule has 0 spiro atoms. The number of carboxylic acid groups (broad SMARTS) is 1. The highest BCUT2D eigenvalue weighted by molar-refractivity contribution is 7.32. The molecule has 3 aromatic heterocycles. The third-order valence-corrected chi connectivity index (χ3v) is 11.2. The molecule has 9 aromatic rings. The van der Waals surface area contributed by atoms with E-state index >= 15 is 0 Å². The summed E-state index contributed by atoms with van der Waals surface area (Å²) in [6.07, 6.45) is 0. The number of benzene rings is 6. The molecule has 0 saturated heterocycles. The molecule has 0 amide bonds. The second-order valence-electron chi connectivity index (χ2n) is 11.5. The zero-order valence-electron chi connectivity index (χ0n) is 25.7. The van der Waals surface area contributed by atoms with Crippen LogP contribution in [0.5, 0.6) is 0 Å². The molecule has 0 bridgehead atoms. The van der Waals surface area contributed by atoms with Crippen LogP contribution < -0.4 is 22.0 Å². The lowest BCUT2D eigenvalue weighted by Crippen LogP contribution is -2.23. The Morgan fingerprint density at radius 1 is 0.653 bits per heavy atom. The average Bonchev–Trinajstić information content (AvgIpc) is 3.36. The first-order valence-electron chi connectivity index (χ1n) is 15.0. The van der Waals surface area contributed by atoms with Gasteiger partial charge in [-0.3, -0.25) is 19.2 Å². The molecule has 0 radical (unpaired) electrons. The molecule has 0 unspecified atom stereocenters. The third kappa shape index (κ3) is 4.38. The van der Waals surface area contributed by atoms with Crippen LogP contribution in [0.1, 0.15) is 15.9 Å². The number of carbonyl (C=O) groups is 1. The van der Waals surface area contributed by atoms with Crippen molar-refractivity contribution < 1.29 is 15.0 Å². The van der Waals surface area contributed by atoms with Gasteiger partial charge >= 0.3 is 5.97 Å². The number of rotatable bonds is 2. The van der Waals surface area contributed by atoms with E-state index in [1.54, 1.807) is 13.0 Å². The number of aromatic amines is 2. The molecule has 0 aliphatic carbocycles. The molecule has 0 aliphatic heterocycles. The number of nitrogens with one attached hydrogen (secondary N) is 2. The lowest BCUT2D eigenvalue weighted by atomic mass is 9.98. The summed E-state index contributed by atoms with van der Waals surface area (Å²) < 4.78 is 4.45. The Kier molecular flexibility index (Phi) is 6.86. The van der Waals surface area contributed by atoms with E-state index < -0.39 is 27.9 Å². The summed E-state index contributed by atoms with van der Waals surface area (Å²) in [4.78, 5) is 75.2. The number of aryl methyl sites for hydroxylation is 1. The van der Waals surface area contributed by atoms with Gasteiger partial charge < -0.3 is 20.2 Å². The highest BCUT2D eigenvalue weighted by Gasteiger charge is 2.23. The fraction of sp³-hybridized carbons (Fsp3) is 0.0541. The van der Waals surface area contributed by atoms with Gasteiger partial charge in [0.05, 0.1) is 73.7 Å². The summed E-state index contributed by atoms with van der Waals surface area (Å²) in [5.74, 6) is -1.20. The van der Waals surface area contributed by atoms with E-state index in [-0.39, 0.29) is 43.6 Å². The van der Waals surface area contributed by atoms with Gasteiger partial charge in [-0.25, -0.2) is 9.36 Å². The van der Waals surface area contributed by atoms with Crippen LogP contribution in [0.3, 0.4) is 0 Å². The maximum Gasteiger partial charge on any atom is 0.335 e. The lowest BCUT2D eigenvalue weighted by molar-refractivity contribution is 0.0696. The topological polar surface area (TPSA) is 162 Å². The van der Waals surface area contributed by atoms with Crippen LogP contribution in [0.4, 0.5) is 0 Å². The minimum atomic E-state index is -1.20. The van der Waals surface area contributed by atoms with Crippen molar-refractivity contribution in [1.82, 2.24) is 14.5 Å². The normalized spacial score (nSPS) is 11.7. The van der Waals surface area contributed by atoms with E-state index in [2.05, 4.69) is 9.97 Å². The predicted octanol–water partition coefficient (Wildman–Crippen LogP) is 6.38. The fourth-order valence-electron chi connectivity index (χ4n) is 6.58. The Labute approximate surface area is 281 Å². The first-order valence-corrected chi connectivity index (χ1v) is 16.6. The second kappa shape index (κ2) is 11.1. The summed E-state index contributed by atoms with van der Waals surface area (Å²) in [5.41, 5.74) is 0.903. The third-order valence-electron chi connectivity index (χ3n) is 8.66. The van der Waals surface area contributed by atoms with Crippen LogP contribution >= 0.6 is 22.7 Å². The zero-order valence-corrected chi connectivity index (χ0v) is 27.3. The minimum Gasteiger partial charge on any atom is -0.478 e. The molecule has 9 rings (SSSR count). The molecule has 0 atom stereocenters. The number of aromatic nitrogens is 3. The summed E-state index contributed by atoms with van der Waals surface area (Å²) in [7, 11) is 1.00. The molecular weight excluding hydrogens is 663 g/mol. The predicted molar refractivity (Wildman–Crippen MR) is 198 cm³/mol. The maximum absolute atomic E-state index is 14.6. The molecular formula is C37H23N3O7S2. The Morgan fingerprint density at radius 3 is 1.59 bits per heavy atom.